The molecule has 0 fully saturated rings. The summed E-state index contributed by atoms with van der Waals surface area (Å²) in [4.78, 5) is 12.9. The molecule has 0 saturated carbocycles. The van der Waals surface area contributed by atoms with Gasteiger partial charge in [0.25, 0.3) is 5.91 Å². The summed E-state index contributed by atoms with van der Waals surface area (Å²) in [5, 5.41) is 0. The minimum atomic E-state index is -0.101. The molecule has 0 heterocycles. The van der Waals surface area contributed by atoms with Crippen molar-refractivity contribution in [3.05, 3.63) is 23.8 Å². The van der Waals surface area contributed by atoms with Crippen molar-refractivity contribution in [3.63, 3.8) is 0 Å². The Morgan fingerprint density at radius 3 is 2.65 bits per heavy atom. The third kappa shape index (κ3) is 3.64. The third-order valence-corrected chi connectivity index (χ3v) is 2.34. The molecule has 94 valence electrons. The zero-order valence-electron chi connectivity index (χ0n) is 10.4. The predicted molar refractivity (Wildman–Crippen MR) is 65.1 cm³/mol. The summed E-state index contributed by atoms with van der Waals surface area (Å²) < 4.78 is 10.5. The van der Waals surface area contributed by atoms with Gasteiger partial charge in [-0.2, -0.15) is 0 Å². The van der Waals surface area contributed by atoms with Gasteiger partial charge in [-0.15, -0.1) is 0 Å². The molecule has 0 atom stereocenters. The Morgan fingerprint density at radius 2 is 2.12 bits per heavy atom. The lowest BCUT2D eigenvalue weighted by Gasteiger charge is -2.14. The first-order valence-electron chi connectivity index (χ1n) is 5.28. The number of nitrogens with zero attached hydrogens (tertiary/aromatic N) is 1. The Kier molecular flexibility index (Phi) is 4.78. The summed E-state index contributed by atoms with van der Waals surface area (Å²) >= 11 is 0. The molecule has 1 rings (SSSR count). The van der Waals surface area contributed by atoms with Crippen LogP contribution in [0.4, 0.5) is 0 Å². The second kappa shape index (κ2) is 6.10. The number of carbonyl (C=O) groups excluding carboxylic acids is 1. The van der Waals surface area contributed by atoms with E-state index in [2.05, 4.69) is 0 Å². The summed E-state index contributed by atoms with van der Waals surface area (Å²) in [5.74, 6) is 1.16. The number of rotatable bonds is 5. The molecule has 1 aromatic carbocycles. The highest BCUT2D eigenvalue weighted by atomic mass is 16.5. The fraction of sp³-hybridized carbons (Fsp3) is 0.417. The SMILES string of the molecule is COc1ccc(CN)c(OCC(=O)N(C)C)c1. The summed E-state index contributed by atoms with van der Waals surface area (Å²) in [7, 11) is 4.94. The molecule has 2 N–H and O–H groups in total. The first kappa shape index (κ1) is 13.3. The van der Waals surface area contributed by atoms with Gasteiger partial charge in [0.05, 0.1) is 7.11 Å². The van der Waals surface area contributed by atoms with E-state index in [1.165, 1.54) is 4.90 Å². The van der Waals surface area contributed by atoms with E-state index in [0.29, 0.717) is 18.0 Å². The number of hydrogen-bond acceptors (Lipinski definition) is 4. The largest absolute Gasteiger partial charge is 0.497 e. The average Bonchev–Trinajstić information content (AvgIpc) is 2.35. The van der Waals surface area contributed by atoms with Crippen molar-refractivity contribution < 1.29 is 14.3 Å². The molecule has 0 aliphatic carbocycles. The monoisotopic (exact) mass is 238 g/mol. The van der Waals surface area contributed by atoms with Crippen LogP contribution in [0.15, 0.2) is 18.2 Å². The highest BCUT2D eigenvalue weighted by Gasteiger charge is 2.08. The number of amides is 1. The second-order valence-corrected chi connectivity index (χ2v) is 3.75. The van der Waals surface area contributed by atoms with Crippen molar-refractivity contribution in [3.8, 4) is 11.5 Å². The lowest BCUT2D eigenvalue weighted by Crippen LogP contribution is -2.27. The fourth-order valence-electron chi connectivity index (χ4n) is 1.23. The molecule has 17 heavy (non-hydrogen) atoms. The number of methoxy groups -OCH3 is 1. The van der Waals surface area contributed by atoms with Gasteiger partial charge in [-0.3, -0.25) is 4.79 Å². The Balaban J connectivity index is 2.77. The lowest BCUT2D eigenvalue weighted by atomic mass is 10.2. The first-order valence-corrected chi connectivity index (χ1v) is 5.28. The van der Waals surface area contributed by atoms with E-state index in [1.54, 1.807) is 27.3 Å². The van der Waals surface area contributed by atoms with Gasteiger partial charge in [-0.25, -0.2) is 0 Å². The molecule has 0 aromatic heterocycles. The van der Waals surface area contributed by atoms with Crippen LogP contribution in [0.2, 0.25) is 0 Å². The van der Waals surface area contributed by atoms with Crippen molar-refractivity contribution in [2.24, 2.45) is 5.73 Å². The Hall–Kier alpha value is -1.75. The van der Waals surface area contributed by atoms with Crippen molar-refractivity contribution in [2.75, 3.05) is 27.8 Å². The molecule has 0 saturated heterocycles. The van der Waals surface area contributed by atoms with Gasteiger partial charge in [0.15, 0.2) is 6.61 Å². The highest BCUT2D eigenvalue weighted by molar-refractivity contribution is 5.77. The maximum Gasteiger partial charge on any atom is 0.259 e. The van der Waals surface area contributed by atoms with E-state index in [-0.39, 0.29) is 12.5 Å². The number of hydrogen-bond donors (Lipinski definition) is 1. The minimum absolute atomic E-state index is 0.00678. The number of likely N-dealkylation sites (N-methyl/N-ethyl adjacent to an activating group) is 1. The average molecular weight is 238 g/mol. The third-order valence-electron chi connectivity index (χ3n) is 2.34. The first-order chi connectivity index (χ1) is 8.08. The molecule has 1 aromatic rings. The van der Waals surface area contributed by atoms with Crippen LogP contribution in [0.1, 0.15) is 5.56 Å². The number of nitrogens with two attached hydrogens (primary N) is 1. The van der Waals surface area contributed by atoms with Gasteiger partial charge in [0.1, 0.15) is 11.5 Å². The van der Waals surface area contributed by atoms with Crippen molar-refractivity contribution in [2.45, 2.75) is 6.54 Å². The van der Waals surface area contributed by atoms with Crippen LogP contribution in [0.5, 0.6) is 11.5 Å². The van der Waals surface area contributed by atoms with E-state index < -0.39 is 0 Å². The van der Waals surface area contributed by atoms with Crippen molar-refractivity contribution in [1.29, 1.82) is 0 Å². The molecular formula is C12H18N2O3. The molecule has 5 nitrogen and oxygen atoms in total. The highest BCUT2D eigenvalue weighted by Crippen LogP contribution is 2.24. The van der Waals surface area contributed by atoms with Crippen LogP contribution < -0.4 is 15.2 Å². The van der Waals surface area contributed by atoms with E-state index in [0.717, 1.165) is 5.56 Å². The maximum absolute atomic E-state index is 11.4. The summed E-state index contributed by atoms with van der Waals surface area (Å²) in [6, 6.07) is 5.36. The molecule has 5 heteroatoms. The molecule has 0 bridgehead atoms. The maximum atomic E-state index is 11.4. The zero-order valence-corrected chi connectivity index (χ0v) is 10.4. The van der Waals surface area contributed by atoms with Gasteiger partial charge in [0, 0.05) is 32.3 Å². The number of carbonyl (C=O) groups is 1. The van der Waals surface area contributed by atoms with Crippen LogP contribution in [0.3, 0.4) is 0 Å². The topological polar surface area (TPSA) is 64.8 Å². The predicted octanol–water partition coefficient (Wildman–Crippen LogP) is 0.621. The standard InChI is InChI=1S/C12H18N2O3/c1-14(2)12(15)8-17-11-6-10(16-3)5-4-9(11)7-13/h4-6H,7-8,13H2,1-3H3. The van der Waals surface area contributed by atoms with E-state index in [4.69, 9.17) is 15.2 Å². The number of ether oxygens (including phenoxy) is 2. The molecule has 0 unspecified atom stereocenters. The Bertz CT molecular complexity index is 391. The molecule has 1 amide bonds. The van der Waals surface area contributed by atoms with Crippen molar-refractivity contribution >= 4 is 5.91 Å². The van der Waals surface area contributed by atoms with Crippen LogP contribution in [0, 0.1) is 0 Å². The Labute approximate surface area is 101 Å². The summed E-state index contributed by atoms with van der Waals surface area (Å²) in [6.07, 6.45) is 0. The van der Waals surface area contributed by atoms with Gasteiger partial charge in [0.2, 0.25) is 0 Å². The quantitative estimate of drug-likeness (QED) is 0.816. The van der Waals surface area contributed by atoms with E-state index in [9.17, 15) is 4.79 Å². The molecular weight excluding hydrogens is 220 g/mol. The van der Waals surface area contributed by atoms with Crippen LogP contribution in [-0.2, 0) is 11.3 Å². The Morgan fingerprint density at radius 1 is 1.41 bits per heavy atom. The minimum Gasteiger partial charge on any atom is -0.497 e. The number of benzene rings is 1. The lowest BCUT2D eigenvalue weighted by molar-refractivity contribution is -0.130. The van der Waals surface area contributed by atoms with Crippen LogP contribution in [-0.4, -0.2) is 38.6 Å². The van der Waals surface area contributed by atoms with E-state index in [1.807, 2.05) is 12.1 Å². The fourth-order valence-corrected chi connectivity index (χ4v) is 1.23. The molecule has 0 aliphatic heterocycles. The normalized spacial score (nSPS) is 9.88. The smallest absolute Gasteiger partial charge is 0.259 e. The van der Waals surface area contributed by atoms with Gasteiger partial charge >= 0.3 is 0 Å². The van der Waals surface area contributed by atoms with Gasteiger partial charge in [-0.1, -0.05) is 6.07 Å². The molecule has 0 aliphatic rings. The molecule has 0 radical (unpaired) electrons. The van der Waals surface area contributed by atoms with Crippen LogP contribution >= 0.6 is 0 Å². The van der Waals surface area contributed by atoms with Gasteiger partial charge < -0.3 is 20.1 Å². The van der Waals surface area contributed by atoms with E-state index >= 15 is 0 Å². The van der Waals surface area contributed by atoms with Gasteiger partial charge in [-0.05, 0) is 6.07 Å². The summed E-state index contributed by atoms with van der Waals surface area (Å²) in [6.45, 7) is 0.350. The molecule has 0 spiro atoms. The second-order valence-electron chi connectivity index (χ2n) is 3.75. The van der Waals surface area contributed by atoms with Crippen LogP contribution in [0.25, 0.3) is 0 Å². The van der Waals surface area contributed by atoms with Crippen molar-refractivity contribution in [1.82, 2.24) is 4.90 Å². The summed E-state index contributed by atoms with van der Waals surface area (Å²) in [5.41, 5.74) is 6.44. The zero-order chi connectivity index (χ0) is 12.8.